The van der Waals surface area contributed by atoms with E-state index in [0.717, 1.165) is 51.2 Å². The zero-order valence-electron chi connectivity index (χ0n) is 15.1. The average molecular weight is 325 g/mol. The van der Waals surface area contributed by atoms with E-state index in [1.807, 2.05) is 0 Å². The van der Waals surface area contributed by atoms with Crippen LogP contribution < -0.4 is 5.73 Å². The summed E-state index contributed by atoms with van der Waals surface area (Å²) in [5, 5.41) is 0. The number of amides is 1. The number of carbonyl (C=O) groups is 1. The number of ether oxygens (including phenoxy) is 1. The first-order valence-electron chi connectivity index (χ1n) is 9.37. The molecule has 2 fully saturated rings. The maximum atomic E-state index is 13.0. The van der Waals surface area contributed by atoms with Gasteiger partial charge in [-0.3, -0.25) is 4.79 Å². The second-order valence-electron chi connectivity index (χ2n) is 7.45. The Kier molecular flexibility index (Phi) is 7.31. The molecule has 0 radical (unpaired) electrons. The van der Waals surface area contributed by atoms with Gasteiger partial charge >= 0.3 is 0 Å². The van der Waals surface area contributed by atoms with Gasteiger partial charge < -0.3 is 20.3 Å². The van der Waals surface area contributed by atoms with Crippen LogP contribution in [0.4, 0.5) is 0 Å². The largest absolute Gasteiger partial charge is 0.381 e. The minimum atomic E-state index is -0.358. The molecule has 0 spiro atoms. The maximum Gasteiger partial charge on any atom is 0.230 e. The molecule has 2 aliphatic heterocycles. The Morgan fingerprint density at radius 3 is 2.52 bits per heavy atom. The predicted molar refractivity (Wildman–Crippen MR) is 93.2 cm³/mol. The van der Waals surface area contributed by atoms with Gasteiger partial charge in [0.1, 0.15) is 0 Å². The summed E-state index contributed by atoms with van der Waals surface area (Å²) in [6.07, 6.45) is 6.33. The molecule has 5 heteroatoms. The van der Waals surface area contributed by atoms with Gasteiger partial charge in [0.2, 0.25) is 5.91 Å². The average Bonchev–Trinajstić information content (AvgIpc) is 2.60. The summed E-state index contributed by atoms with van der Waals surface area (Å²) < 4.78 is 5.43. The van der Waals surface area contributed by atoms with Gasteiger partial charge in [0.15, 0.2) is 0 Å². The molecule has 0 aromatic carbocycles. The van der Waals surface area contributed by atoms with Crippen molar-refractivity contribution in [2.75, 3.05) is 53.0 Å². The third-order valence-corrected chi connectivity index (χ3v) is 5.66. The molecular formula is C18H35N3O2. The van der Waals surface area contributed by atoms with Crippen LogP contribution in [0.1, 0.15) is 45.4 Å². The van der Waals surface area contributed by atoms with Crippen molar-refractivity contribution in [3.8, 4) is 0 Å². The number of nitrogens with two attached hydrogens (primary N) is 1. The second kappa shape index (κ2) is 9.00. The molecule has 0 aliphatic carbocycles. The normalized spacial score (nSPS) is 22.5. The van der Waals surface area contributed by atoms with E-state index < -0.39 is 0 Å². The van der Waals surface area contributed by atoms with Crippen molar-refractivity contribution in [3.05, 3.63) is 0 Å². The summed E-state index contributed by atoms with van der Waals surface area (Å²) in [6.45, 7) is 8.17. The molecule has 2 heterocycles. The van der Waals surface area contributed by atoms with E-state index in [1.165, 1.54) is 19.4 Å². The van der Waals surface area contributed by atoms with Gasteiger partial charge in [0.25, 0.3) is 0 Å². The Hall–Kier alpha value is -0.650. The Morgan fingerprint density at radius 1 is 1.30 bits per heavy atom. The van der Waals surface area contributed by atoms with Crippen molar-refractivity contribution < 1.29 is 9.53 Å². The van der Waals surface area contributed by atoms with Gasteiger partial charge in [-0.2, -0.15) is 0 Å². The monoisotopic (exact) mass is 325 g/mol. The highest BCUT2D eigenvalue weighted by molar-refractivity contribution is 5.83. The number of rotatable bonds is 7. The van der Waals surface area contributed by atoms with Crippen molar-refractivity contribution in [2.45, 2.75) is 45.4 Å². The molecular weight excluding hydrogens is 290 g/mol. The highest BCUT2D eigenvalue weighted by Gasteiger charge is 2.42. The Balaban J connectivity index is 1.80. The third kappa shape index (κ3) is 4.91. The van der Waals surface area contributed by atoms with Gasteiger partial charge in [0, 0.05) is 39.4 Å². The standard InChI is InChI=1S/C18H35N3O2/c1-3-4-9-20(2)14-16-5-10-21(11-6-16)17(22)18(15-19)7-12-23-13-8-18/h16H,3-15,19H2,1-2H3. The molecule has 0 saturated carbocycles. The molecule has 0 aromatic rings. The van der Waals surface area contributed by atoms with Crippen LogP contribution in [0.2, 0.25) is 0 Å². The lowest BCUT2D eigenvalue weighted by molar-refractivity contribution is -0.148. The number of carbonyl (C=O) groups excluding carboxylic acids is 1. The first kappa shape index (κ1) is 18.7. The maximum absolute atomic E-state index is 13.0. The fraction of sp³-hybridized carbons (Fsp3) is 0.944. The van der Waals surface area contributed by atoms with Crippen molar-refractivity contribution in [2.24, 2.45) is 17.1 Å². The molecule has 2 N–H and O–H groups in total. The van der Waals surface area contributed by atoms with Gasteiger partial charge in [-0.05, 0) is 51.6 Å². The van der Waals surface area contributed by atoms with E-state index in [4.69, 9.17) is 10.5 Å². The smallest absolute Gasteiger partial charge is 0.230 e. The van der Waals surface area contributed by atoms with Crippen LogP contribution in [-0.2, 0) is 9.53 Å². The van der Waals surface area contributed by atoms with E-state index >= 15 is 0 Å². The first-order chi connectivity index (χ1) is 11.1. The lowest BCUT2D eigenvalue weighted by Crippen LogP contribution is -2.53. The van der Waals surface area contributed by atoms with Crippen molar-refractivity contribution in [1.29, 1.82) is 0 Å². The number of hydrogen-bond donors (Lipinski definition) is 1. The summed E-state index contributed by atoms with van der Waals surface area (Å²) in [7, 11) is 2.22. The van der Waals surface area contributed by atoms with Crippen LogP contribution in [0, 0.1) is 11.3 Å². The zero-order valence-corrected chi connectivity index (χ0v) is 15.1. The summed E-state index contributed by atoms with van der Waals surface area (Å²) >= 11 is 0. The van der Waals surface area contributed by atoms with Crippen molar-refractivity contribution >= 4 is 5.91 Å². The van der Waals surface area contributed by atoms with E-state index in [2.05, 4.69) is 23.8 Å². The van der Waals surface area contributed by atoms with Gasteiger partial charge in [-0.15, -0.1) is 0 Å². The SMILES string of the molecule is CCCCN(C)CC1CCN(C(=O)C2(CN)CCOCC2)CC1. The molecule has 0 aromatic heterocycles. The van der Waals surface area contributed by atoms with Crippen molar-refractivity contribution in [1.82, 2.24) is 9.80 Å². The molecule has 1 amide bonds. The van der Waals surface area contributed by atoms with Crippen LogP contribution >= 0.6 is 0 Å². The number of unbranched alkanes of at least 4 members (excludes halogenated alkanes) is 1. The van der Waals surface area contributed by atoms with Crippen LogP contribution in [0.5, 0.6) is 0 Å². The summed E-state index contributed by atoms with van der Waals surface area (Å²) in [5.74, 6) is 1.01. The van der Waals surface area contributed by atoms with E-state index in [1.54, 1.807) is 0 Å². The lowest BCUT2D eigenvalue weighted by Gasteiger charge is -2.42. The number of hydrogen-bond acceptors (Lipinski definition) is 4. The minimum Gasteiger partial charge on any atom is -0.381 e. The number of likely N-dealkylation sites (tertiary alicyclic amines) is 1. The van der Waals surface area contributed by atoms with E-state index in [9.17, 15) is 4.79 Å². The van der Waals surface area contributed by atoms with Gasteiger partial charge in [-0.25, -0.2) is 0 Å². The minimum absolute atomic E-state index is 0.279. The summed E-state index contributed by atoms with van der Waals surface area (Å²) in [6, 6.07) is 0. The lowest BCUT2D eigenvalue weighted by atomic mass is 9.78. The van der Waals surface area contributed by atoms with Crippen LogP contribution in [0.25, 0.3) is 0 Å². The summed E-state index contributed by atoms with van der Waals surface area (Å²) in [5.41, 5.74) is 5.62. The first-order valence-corrected chi connectivity index (χ1v) is 9.37. The fourth-order valence-corrected chi connectivity index (χ4v) is 3.88. The molecule has 0 bridgehead atoms. The molecule has 5 nitrogen and oxygen atoms in total. The van der Waals surface area contributed by atoms with Crippen molar-refractivity contribution in [3.63, 3.8) is 0 Å². The number of piperidine rings is 1. The summed E-state index contributed by atoms with van der Waals surface area (Å²) in [4.78, 5) is 17.5. The van der Waals surface area contributed by atoms with Crippen LogP contribution in [0.15, 0.2) is 0 Å². The van der Waals surface area contributed by atoms with Crippen LogP contribution in [-0.4, -0.2) is 68.7 Å². The zero-order chi connectivity index (χ0) is 16.7. The van der Waals surface area contributed by atoms with Crippen LogP contribution in [0.3, 0.4) is 0 Å². The molecule has 134 valence electrons. The molecule has 0 atom stereocenters. The number of nitrogens with zero attached hydrogens (tertiary/aromatic N) is 2. The van der Waals surface area contributed by atoms with Gasteiger partial charge in [0.05, 0.1) is 5.41 Å². The quantitative estimate of drug-likeness (QED) is 0.774. The highest BCUT2D eigenvalue weighted by atomic mass is 16.5. The Bertz CT molecular complexity index is 361. The third-order valence-electron chi connectivity index (χ3n) is 5.66. The van der Waals surface area contributed by atoms with E-state index in [0.29, 0.717) is 19.8 Å². The topological polar surface area (TPSA) is 58.8 Å². The second-order valence-corrected chi connectivity index (χ2v) is 7.45. The molecule has 2 saturated heterocycles. The van der Waals surface area contributed by atoms with E-state index in [-0.39, 0.29) is 11.3 Å². The molecule has 2 rings (SSSR count). The molecule has 23 heavy (non-hydrogen) atoms. The highest BCUT2D eigenvalue weighted by Crippen LogP contribution is 2.33. The molecule has 2 aliphatic rings. The van der Waals surface area contributed by atoms with Gasteiger partial charge in [-0.1, -0.05) is 13.3 Å². The Morgan fingerprint density at radius 2 is 1.96 bits per heavy atom. The Labute approximate surface area is 141 Å². The molecule has 0 unspecified atom stereocenters. The predicted octanol–water partition coefficient (Wildman–Crippen LogP) is 1.71. The fourth-order valence-electron chi connectivity index (χ4n) is 3.88.